The molecule has 2 rings (SSSR count). The van der Waals surface area contributed by atoms with E-state index in [0.717, 1.165) is 12.0 Å². The maximum absolute atomic E-state index is 8.58. The van der Waals surface area contributed by atoms with E-state index in [1.807, 2.05) is 6.07 Å². The van der Waals surface area contributed by atoms with Crippen LogP contribution in [0.15, 0.2) is 23.4 Å². The molecule has 1 aliphatic rings. The third-order valence-electron chi connectivity index (χ3n) is 3.86. The molecule has 3 heteroatoms. The second kappa shape index (κ2) is 4.06. The van der Waals surface area contributed by atoms with Crippen LogP contribution < -0.4 is 4.90 Å². The maximum Gasteiger partial charge on any atom is 0.0733 e. The van der Waals surface area contributed by atoms with E-state index in [1.165, 1.54) is 17.5 Å². The predicted octanol–water partition coefficient (Wildman–Crippen LogP) is 3.22. The Morgan fingerprint density at radius 3 is 2.82 bits per heavy atom. The van der Waals surface area contributed by atoms with Crippen molar-refractivity contribution in [3.63, 3.8) is 0 Å². The van der Waals surface area contributed by atoms with E-state index >= 15 is 0 Å². The third-order valence-corrected chi connectivity index (χ3v) is 3.86. The largest absolute Gasteiger partial charge is 0.411 e. The Kier molecular flexibility index (Phi) is 2.86. The van der Waals surface area contributed by atoms with E-state index in [9.17, 15) is 0 Å². The quantitative estimate of drug-likeness (QED) is 0.458. The minimum absolute atomic E-state index is 0.193. The second-order valence-electron chi connectivity index (χ2n) is 5.54. The average molecular weight is 232 g/mol. The van der Waals surface area contributed by atoms with Crippen LogP contribution in [0.4, 0.5) is 5.69 Å². The number of rotatable bonds is 1. The molecule has 1 heterocycles. The third kappa shape index (κ3) is 2.02. The molecule has 17 heavy (non-hydrogen) atoms. The summed E-state index contributed by atoms with van der Waals surface area (Å²) in [6.07, 6.45) is 2.61. The normalized spacial score (nSPS) is 22.8. The molecule has 3 nitrogen and oxygen atoms in total. The lowest BCUT2D eigenvalue weighted by atomic mass is 9.80. The monoisotopic (exact) mass is 232 g/mol. The van der Waals surface area contributed by atoms with Gasteiger partial charge in [-0.15, -0.1) is 0 Å². The van der Waals surface area contributed by atoms with E-state index in [1.54, 1.807) is 0 Å². The van der Waals surface area contributed by atoms with Crippen LogP contribution in [0.3, 0.4) is 0 Å². The molecule has 1 aliphatic heterocycles. The van der Waals surface area contributed by atoms with Crippen molar-refractivity contribution in [3.05, 3.63) is 29.3 Å². The number of nitrogens with zero attached hydrogens (tertiary/aromatic N) is 2. The first-order chi connectivity index (χ1) is 7.95. The van der Waals surface area contributed by atoms with Gasteiger partial charge < -0.3 is 10.1 Å². The lowest BCUT2D eigenvalue weighted by molar-refractivity contribution is 0.322. The highest BCUT2D eigenvalue weighted by molar-refractivity contribution is 5.81. The number of benzene rings is 1. The zero-order chi connectivity index (χ0) is 12.6. The molecule has 0 amide bonds. The van der Waals surface area contributed by atoms with Gasteiger partial charge in [0.05, 0.1) is 6.21 Å². The van der Waals surface area contributed by atoms with Crippen molar-refractivity contribution in [1.82, 2.24) is 0 Å². The summed E-state index contributed by atoms with van der Waals surface area (Å²) in [4.78, 5) is 2.34. The summed E-state index contributed by atoms with van der Waals surface area (Å²) in [5.74, 6) is 0.531. The molecule has 1 N–H and O–H groups in total. The van der Waals surface area contributed by atoms with Gasteiger partial charge in [-0.3, -0.25) is 0 Å². The first-order valence-corrected chi connectivity index (χ1v) is 6.01. The van der Waals surface area contributed by atoms with Crippen molar-refractivity contribution < 1.29 is 5.21 Å². The lowest BCUT2D eigenvalue weighted by Crippen LogP contribution is -2.45. The fraction of sp³-hybridized carbons (Fsp3) is 0.500. The van der Waals surface area contributed by atoms with Crippen LogP contribution >= 0.6 is 0 Å². The summed E-state index contributed by atoms with van der Waals surface area (Å²) in [6, 6.07) is 6.22. The molecule has 1 aromatic carbocycles. The minimum Gasteiger partial charge on any atom is -0.411 e. The fourth-order valence-electron chi connectivity index (χ4n) is 2.74. The van der Waals surface area contributed by atoms with Crippen LogP contribution in [0, 0.1) is 0 Å². The first-order valence-electron chi connectivity index (χ1n) is 6.01. The highest BCUT2D eigenvalue weighted by Gasteiger charge is 2.33. The van der Waals surface area contributed by atoms with Crippen molar-refractivity contribution in [3.8, 4) is 0 Å². The molecule has 0 saturated carbocycles. The average Bonchev–Trinajstić information content (AvgIpc) is 2.26. The summed E-state index contributed by atoms with van der Waals surface area (Å²) in [6.45, 7) is 6.80. The molecule has 0 radical (unpaired) electrons. The van der Waals surface area contributed by atoms with Crippen LogP contribution in [0.25, 0.3) is 0 Å². The van der Waals surface area contributed by atoms with Gasteiger partial charge in [0.1, 0.15) is 0 Å². The summed E-state index contributed by atoms with van der Waals surface area (Å²) >= 11 is 0. The Labute approximate surface area is 103 Å². The Hall–Kier alpha value is -1.51. The van der Waals surface area contributed by atoms with E-state index in [2.05, 4.69) is 50.0 Å². The molecule has 1 aromatic rings. The molecule has 0 unspecified atom stereocenters. The number of hydrogen-bond acceptors (Lipinski definition) is 3. The molecule has 0 saturated heterocycles. The van der Waals surface area contributed by atoms with Crippen molar-refractivity contribution in [2.45, 2.75) is 38.6 Å². The summed E-state index contributed by atoms with van der Waals surface area (Å²) < 4.78 is 0. The summed E-state index contributed by atoms with van der Waals surface area (Å²) in [5, 5.41) is 11.7. The smallest absolute Gasteiger partial charge is 0.0733 e. The molecule has 0 aliphatic carbocycles. The molecule has 0 aromatic heterocycles. The van der Waals surface area contributed by atoms with Crippen molar-refractivity contribution >= 4 is 11.9 Å². The topological polar surface area (TPSA) is 35.8 Å². The zero-order valence-electron chi connectivity index (χ0n) is 10.9. The van der Waals surface area contributed by atoms with Gasteiger partial charge in [0.25, 0.3) is 0 Å². The van der Waals surface area contributed by atoms with Crippen LogP contribution in [0.2, 0.25) is 0 Å². The molecular weight excluding hydrogens is 212 g/mol. The Morgan fingerprint density at radius 2 is 2.18 bits per heavy atom. The maximum atomic E-state index is 8.58. The summed E-state index contributed by atoms with van der Waals surface area (Å²) in [7, 11) is 2.14. The van der Waals surface area contributed by atoms with E-state index < -0.39 is 0 Å². The van der Waals surface area contributed by atoms with Gasteiger partial charge in [0, 0.05) is 18.3 Å². The van der Waals surface area contributed by atoms with Crippen LogP contribution in [0.5, 0.6) is 0 Å². The molecule has 0 bridgehead atoms. The minimum atomic E-state index is 0.193. The molecular formula is C14H20N2O. The van der Waals surface area contributed by atoms with Crippen LogP contribution in [-0.4, -0.2) is 24.0 Å². The van der Waals surface area contributed by atoms with E-state index in [4.69, 9.17) is 5.21 Å². The van der Waals surface area contributed by atoms with Gasteiger partial charge >= 0.3 is 0 Å². The Bertz CT molecular complexity index is 452. The van der Waals surface area contributed by atoms with Crippen LogP contribution in [-0.2, 0) is 0 Å². The number of fused-ring (bicyclic) bond motifs is 1. The highest BCUT2D eigenvalue weighted by Crippen LogP contribution is 2.42. The van der Waals surface area contributed by atoms with E-state index in [-0.39, 0.29) is 5.54 Å². The zero-order valence-corrected chi connectivity index (χ0v) is 10.9. The Morgan fingerprint density at radius 1 is 1.47 bits per heavy atom. The second-order valence-corrected chi connectivity index (χ2v) is 5.54. The molecule has 0 spiro atoms. The number of hydrogen-bond donors (Lipinski definition) is 1. The summed E-state index contributed by atoms with van der Waals surface area (Å²) in [5.41, 5.74) is 3.76. The SMILES string of the molecule is C[C@@H]1CC(C)(C)N(C)c2ccc(/C=N/O)cc21. The van der Waals surface area contributed by atoms with Gasteiger partial charge in [0.2, 0.25) is 0 Å². The first kappa shape index (κ1) is 12.0. The van der Waals surface area contributed by atoms with Crippen molar-refractivity contribution in [1.29, 1.82) is 0 Å². The van der Waals surface area contributed by atoms with Crippen molar-refractivity contribution in [2.24, 2.45) is 5.16 Å². The van der Waals surface area contributed by atoms with Gasteiger partial charge in [0.15, 0.2) is 0 Å². The standard InChI is InChI=1S/C14H20N2O/c1-10-8-14(2,3)16(4)13-6-5-11(9-15-17)7-12(10)13/h5-7,9-10,17H,8H2,1-4H3/b15-9+/t10-/m1/s1. The van der Waals surface area contributed by atoms with Gasteiger partial charge in [-0.2, -0.15) is 0 Å². The van der Waals surface area contributed by atoms with Gasteiger partial charge in [-0.05, 0) is 49.4 Å². The van der Waals surface area contributed by atoms with Crippen LogP contribution in [0.1, 0.15) is 44.2 Å². The highest BCUT2D eigenvalue weighted by atomic mass is 16.4. The van der Waals surface area contributed by atoms with Gasteiger partial charge in [-0.25, -0.2) is 0 Å². The molecule has 1 atom stereocenters. The fourth-order valence-corrected chi connectivity index (χ4v) is 2.74. The number of anilines is 1. The van der Waals surface area contributed by atoms with E-state index in [0.29, 0.717) is 5.92 Å². The molecule has 92 valence electrons. The Balaban J connectivity index is 2.49. The lowest BCUT2D eigenvalue weighted by Gasteiger charge is -2.45. The van der Waals surface area contributed by atoms with Gasteiger partial charge in [-0.1, -0.05) is 18.1 Å². The number of oxime groups is 1. The molecule has 0 fully saturated rings. The predicted molar refractivity (Wildman–Crippen MR) is 71.3 cm³/mol. The van der Waals surface area contributed by atoms with Crippen molar-refractivity contribution in [2.75, 3.05) is 11.9 Å².